The second-order valence-corrected chi connectivity index (χ2v) is 6.20. The molecule has 0 aliphatic carbocycles. The molecule has 0 saturated carbocycles. The zero-order chi connectivity index (χ0) is 16.5. The van der Waals surface area contributed by atoms with E-state index in [2.05, 4.69) is 20.6 Å². The Bertz CT molecular complexity index is 792. The van der Waals surface area contributed by atoms with Crippen LogP contribution in [0.2, 0.25) is 0 Å². The lowest BCUT2D eigenvalue weighted by atomic mass is 9.95. The smallest absolute Gasteiger partial charge is 0.251 e. The topological polar surface area (TPSA) is 103 Å². The van der Waals surface area contributed by atoms with Crippen molar-refractivity contribution in [3.8, 4) is 17.7 Å². The number of H-pyrrole nitrogens is 1. The van der Waals surface area contributed by atoms with Gasteiger partial charge in [0, 0.05) is 23.7 Å². The van der Waals surface area contributed by atoms with Crippen molar-refractivity contribution in [2.24, 2.45) is 0 Å². The van der Waals surface area contributed by atoms with Crippen LogP contribution in [0.5, 0.6) is 11.6 Å². The van der Waals surface area contributed by atoms with Gasteiger partial charge in [0.1, 0.15) is 11.8 Å². The van der Waals surface area contributed by atoms with Gasteiger partial charge in [-0.2, -0.15) is 5.26 Å². The third kappa shape index (κ3) is 2.84. The monoisotopic (exact) mass is 323 g/mol. The number of hydrogen-bond donors (Lipinski definition) is 3. The lowest BCUT2D eigenvalue weighted by Crippen LogP contribution is -2.42. The highest BCUT2D eigenvalue weighted by atomic mass is 16.5. The first-order chi connectivity index (χ1) is 11.7. The number of aromatic nitrogens is 2. The van der Waals surface area contributed by atoms with Gasteiger partial charge < -0.3 is 20.4 Å². The van der Waals surface area contributed by atoms with Crippen LogP contribution < -0.4 is 15.4 Å². The summed E-state index contributed by atoms with van der Waals surface area (Å²) in [6, 6.07) is 10.00. The third-order valence-corrected chi connectivity index (χ3v) is 4.62. The highest BCUT2D eigenvalue weighted by Crippen LogP contribution is 2.28. The number of nitrogens with one attached hydrogen (secondary N) is 3. The molecule has 1 aromatic carbocycles. The fraction of sp³-hybridized carbons (Fsp3) is 0.353. The number of carbonyl (C=O) groups is 1. The van der Waals surface area contributed by atoms with Gasteiger partial charge in [0.25, 0.3) is 5.91 Å². The van der Waals surface area contributed by atoms with Crippen LogP contribution in [0, 0.1) is 11.3 Å². The number of amides is 1. The molecule has 2 aliphatic rings. The van der Waals surface area contributed by atoms with Crippen molar-refractivity contribution in [1.82, 2.24) is 20.6 Å². The number of nitrogens with zero attached hydrogens (tertiary/aromatic N) is 2. The third-order valence-electron chi connectivity index (χ3n) is 4.62. The Hall–Kier alpha value is -2.85. The van der Waals surface area contributed by atoms with Gasteiger partial charge in [-0.3, -0.25) is 4.79 Å². The lowest BCUT2D eigenvalue weighted by molar-refractivity contribution is 0.0931. The summed E-state index contributed by atoms with van der Waals surface area (Å²) in [5, 5.41) is 15.3. The largest absolute Gasteiger partial charge is 0.439 e. The van der Waals surface area contributed by atoms with Gasteiger partial charge in [-0.1, -0.05) is 0 Å². The maximum absolute atomic E-state index is 12.4. The van der Waals surface area contributed by atoms with Gasteiger partial charge in [-0.15, -0.1) is 0 Å². The highest BCUT2D eigenvalue weighted by molar-refractivity contribution is 5.94. The first kappa shape index (κ1) is 14.7. The average Bonchev–Trinajstić information content (AvgIpc) is 3.32. The molecule has 0 spiro atoms. The number of benzene rings is 1. The predicted octanol–water partition coefficient (Wildman–Crippen LogP) is 1.70. The Kier molecular flexibility index (Phi) is 3.67. The van der Waals surface area contributed by atoms with Gasteiger partial charge in [-0.25, -0.2) is 4.98 Å². The lowest BCUT2D eigenvalue weighted by Gasteiger charge is -2.21. The first-order valence-electron chi connectivity index (χ1n) is 8.01. The van der Waals surface area contributed by atoms with Crippen LogP contribution in [0.1, 0.15) is 35.4 Å². The molecule has 2 bridgehead atoms. The Labute approximate surface area is 139 Å². The van der Waals surface area contributed by atoms with Gasteiger partial charge in [0.05, 0.1) is 6.20 Å². The molecule has 7 heteroatoms. The zero-order valence-electron chi connectivity index (χ0n) is 13.0. The van der Waals surface area contributed by atoms with Crippen LogP contribution in [0.3, 0.4) is 0 Å². The van der Waals surface area contributed by atoms with E-state index < -0.39 is 0 Å². The van der Waals surface area contributed by atoms with Crippen LogP contribution in [0.25, 0.3) is 0 Å². The van der Waals surface area contributed by atoms with Crippen LogP contribution in [-0.2, 0) is 0 Å². The minimum absolute atomic E-state index is 0.0609. The maximum Gasteiger partial charge on any atom is 0.251 e. The van der Waals surface area contributed by atoms with Crippen molar-refractivity contribution in [1.29, 1.82) is 5.26 Å². The van der Waals surface area contributed by atoms with E-state index in [4.69, 9.17) is 10.00 Å². The first-order valence-corrected chi connectivity index (χ1v) is 8.01. The second kappa shape index (κ2) is 5.98. The molecule has 2 saturated heterocycles. The summed E-state index contributed by atoms with van der Waals surface area (Å²) < 4.78 is 5.56. The van der Waals surface area contributed by atoms with E-state index in [9.17, 15) is 4.79 Å². The van der Waals surface area contributed by atoms with Crippen LogP contribution in [0.4, 0.5) is 0 Å². The minimum Gasteiger partial charge on any atom is -0.439 e. The van der Waals surface area contributed by atoms with E-state index in [1.807, 2.05) is 6.07 Å². The molecule has 3 atom stereocenters. The normalized spacial score (nSPS) is 24.5. The van der Waals surface area contributed by atoms with Crippen LogP contribution >= 0.6 is 0 Å². The van der Waals surface area contributed by atoms with Gasteiger partial charge >= 0.3 is 0 Å². The number of nitriles is 1. The molecule has 24 heavy (non-hydrogen) atoms. The van der Waals surface area contributed by atoms with Gasteiger partial charge in [0.2, 0.25) is 11.7 Å². The Morgan fingerprint density at radius 3 is 2.79 bits per heavy atom. The molecular formula is C17H17N5O2. The summed E-state index contributed by atoms with van der Waals surface area (Å²) >= 11 is 0. The summed E-state index contributed by atoms with van der Waals surface area (Å²) in [5.41, 5.74) is 0.604. The Morgan fingerprint density at radius 1 is 1.33 bits per heavy atom. The fourth-order valence-corrected chi connectivity index (χ4v) is 3.45. The molecule has 1 amide bonds. The molecule has 2 aromatic rings. The number of hydrogen-bond acceptors (Lipinski definition) is 5. The van der Waals surface area contributed by atoms with Crippen molar-refractivity contribution in [2.75, 3.05) is 0 Å². The molecule has 2 aliphatic heterocycles. The number of rotatable bonds is 4. The van der Waals surface area contributed by atoms with Gasteiger partial charge in [0.15, 0.2) is 0 Å². The number of fused-ring (bicyclic) bond motifs is 2. The SMILES string of the molecule is N#Cc1ncc(Oc2ccc(C(=O)N[C@@H]3C[C@H]4CC[C@@H]3N4)cc2)[nH]1. The zero-order valence-corrected chi connectivity index (χ0v) is 13.0. The Balaban J connectivity index is 1.38. The predicted molar refractivity (Wildman–Crippen MR) is 85.6 cm³/mol. The number of imidazole rings is 1. The number of carbonyl (C=O) groups excluding carboxylic acids is 1. The maximum atomic E-state index is 12.4. The molecule has 4 rings (SSSR count). The molecule has 7 nitrogen and oxygen atoms in total. The van der Waals surface area contributed by atoms with E-state index in [-0.39, 0.29) is 17.8 Å². The van der Waals surface area contributed by atoms with E-state index in [0.717, 1.165) is 12.8 Å². The molecule has 122 valence electrons. The van der Waals surface area contributed by atoms with Crippen LogP contribution in [-0.4, -0.2) is 34.0 Å². The minimum atomic E-state index is -0.0609. The summed E-state index contributed by atoms with van der Waals surface area (Å²) in [6.07, 6.45) is 4.81. The number of ether oxygens (including phenoxy) is 1. The van der Waals surface area contributed by atoms with Crippen molar-refractivity contribution < 1.29 is 9.53 Å². The molecule has 2 fully saturated rings. The second-order valence-electron chi connectivity index (χ2n) is 6.20. The van der Waals surface area contributed by atoms with E-state index in [0.29, 0.717) is 29.3 Å². The highest BCUT2D eigenvalue weighted by Gasteiger charge is 2.39. The van der Waals surface area contributed by atoms with E-state index in [1.165, 1.54) is 12.6 Å². The quantitative estimate of drug-likeness (QED) is 0.794. The van der Waals surface area contributed by atoms with Crippen molar-refractivity contribution in [2.45, 2.75) is 37.4 Å². The average molecular weight is 323 g/mol. The van der Waals surface area contributed by atoms with E-state index >= 15 is 0 Å². The summed E-state index contributed by atoms with van der Waals surface area (Å²) in [7, 11) is 0. The molecule has 0 unspecified atom stereocenters. The molecular weight excluding hydrogens is 306 g/mol. The summed E-state index contributed by atoms with van der Waals surface area (Å²) in [6.45, 7) is 0. The van der Waals surface area contributed by atoms with Crippen molar-refractivity contribution >= 4 is 5.91 Å². The van der Waals surface area contributed by atoms with Gasteiger partial charge in [-0.05, 0) is 43.5 Å². The summed E-state index contributed by atoms with van der Waals surface area (Å²) in [5.74, 6) is 1.09. The molecule has 3 heterocycles. The standard InChI is InChI=1S/C17H17N5O2/c18-8-15-19-9-16(22-15)24-12-4-1-10(2-5-12)17(23)21-14-7-11-3-6-13(14)20-11/h1-2,4-5,9,11,13-14,20H,3,6-7H2,(H,19,22)(H,21,23)/t11-,13+,14-/m1/s1. The molecule has 3 N–H and O–H groups in total. The Morgan fingerprint density at radius 2 is 2.17 bits per heavy atom. The molecule has 0 radical (unpaired) electrons. The fourth-order valence-electron chi connectivity index (χ4n) is 3.45. The van der Waals surface area contributed by atoms with Crippen molar-refractivity contribution in [3.63, 3.8) is 0 Å². The molecule has 1 aromatic heterocycles. The van der Waals surface area contributed by atoms with Crippen LogP contribution in [0.15, 0.2) is 30.5 Å². The van der Waals surface area contributed by atoms with Crippen molar-refractivity contribution in [3.05, 3.63) is 41.9 Å². The summed E-state index contributed by atoms with van der Waals surface area (Å²) in [4.78, 5) is 18.9. The number of aromatic amines is 1. The van der Waals surface area contributed by atoms with E-state index in [1.54, 1.807) is 24.3 Å².